The first-order valence-corrected chi connectivity index (χ1v) is 6.45. The normalized spacial score (nSPS) is 16.8. The highest BCUT2D eigenvalue weighted by atomic mass is 14.6. The maximum absolute atomic E-state index is 6.28. The molecule has 0 spiro atoms. The van der Waals surface area contributed by atoms with Crippen molar-refractivity contribution in [2.45, 2.75) is 46.1 Å². The smallest absolute Gasteiger partial charge is 0.0320 e. The second-order valence-corrected chi connectivity index (χ2v) is 5.04. The maximum Gasteiger partial charge on any atom is 0.0320 e. The lowest BCUT2D eigenvalue weighted by Crippen LogP contribution is -2.20. The molecule has 0 radical (unpaired) electrons. The van der Waals surface area contributed by atoms with Gasteiger partial charge in [0.05, 0.1) is 0 Å². The van der Waals surface area contributed by atoms with E-state index in [0.29, 0.717) is 5.92 Å². The molecule has 1 nitrogen and oxygen atoms in total. The van der Waals surface area contributed by atoms with Crippen LogP contribution >= 0.6 is 0 Å². The second-order valence-electron chi connectivity index (χ2n) is 5.04. The van der Waals surface area contributed by atoms with Gasteiger partial charge in [-0.05, 0) is 23.8 Å². The molecule has 0 bridgehead atoms. The summed E-state index contributed by atoms with van der Waals surface area (Å²) in [7, 11) is 0. The molecule has 1 rings (SSSR count). The zero-order valence-corrected chi connectivity index (χ0v) is 10.8. The number of benzene rings is 1. The lowest BCUT2D eigenvalue weighted by Gasteiger charge is -2.23. The Bertz CT molecular complexity index is 281. The minimum absolute atomic E-state index is 0.181. The van der Waals surface area contributed by atoms with Crippen LogP contribution in [0.4, 0.5) is 0 Å². The van der Waals surface area contributed by atoms with Crippen LogP contribution in [0.15, 0.2) is 30.3 Å². The van der Waals surface area contributed by atoms with E-state index in [1.807, 2.05) is 6.07 Å². The van der Waals surface area contributed by atoms with Crippen molar-refractivity contribution in [1.82, 2.24) is 0 Å². The average Bonchev–Trinajstić information content (AvgIpc) is 2.29. The highest BCUT2D eigenvalue weighted by molar-refractivity contribution is 5.18. The summed E-state index contributed by atoms with van der Waals surface area (Å²) in [6.45, 7) is 6.85. The molecule has 1 aromatic carbocycles. The highest BCUT2D eigenvalue weighted by Crippen LogP contribution is 2.26. The molecular weight excluding hydrogens is 194 g/mol. The molecule has 0 heterocycles. The van der Waals surface area contributed by atoms with Gasteiger partial charge in [0.25, 0.3) is 0 Å². The SMILES string of the molecule is CCCC(C)CC(C)C(N)c1ccccc1. The number of hydrogen-bond donors (Lipinski definition) is 1. The summed E-state index contributed by atoms with van der Waals surface area (Å²) in [4.78, 5) is 0. The molecule has 0 saturated heterocycles. The number of rotatable bonds is 6. The van der Waals surface area contributed by atoms with Crippen molar-refractivity contribution in [3.8, 4) is 0 Å². The Kier molecular flexibility index (Phi) is 5.54. The van der Waals surface area contributed by atoms with E-state index in [2.05, 4.69) is 45.0 Å². The van der Waals surface area contributed by atoms with Gasteiger partial charge in [-0.3, -0.25) is 0 Å². The summed E-state index contributed by atoms with van der Waals surface area (Å²) in [6, 6.07) is 10.6. The van der Waals surface area contributed by atoms with Gasteiger partial charge in [0.15, 0.2) is 0 Å². The first-order chi connectivity index (χ1) is 7.65. The van der Waals surface area contributed by atoms with Crippen molar-refractivity contribution >= 4 is 0 Å². The second kappa shape index (κ2) is 6.70. The Morgan fingerprint density at radius 3 is 2.31 bits per heavy atom. The van der Waals surface area contributed by atoms with Crippen LogP contribution in [0, 0.1) is 11.8 Å². The summed E-state index contributed by atoms with van der Waals surface area (Å²) in [6.07, 6.45) is 3.81. The van der Waals surface area contributed by atoms with Crippen LogP contribution in [0.1, 0.15) is 51.6 Å². The average molecular weight is 219 g/mol. The van der Waals surface area contributed by atoms with Crippen LogP contribution in [-0.2, 0) is 0 Å². The van der Waals surface area contributed by atoms with Gasteiger partial charge in [-0.2, -0.15) is 0 Å². The quantitative estimate of drug-likeness (QED) is 0.764. The Hall–Kier alpha value is -0.820. The minimum Gasteiger partial charge on any atom is -0.324 e. The minimum atomic E-state index is 0.181. The molecule has 0 aliphatic heterocycles. The molecule has 0 aromatic heterocycles. The summed E-state index contributed by atoms with van der Waals surface area (Å²) in [5.74, 6) is 1.35. The van der Waals surface area contributed by atoms with Gasteiger partial charge in [-0.15, -0.1) is 0 Å². The summed E-state index contributed by atoms with van der Waals surface area (Å²) >= 11 is 0. The molecule has 0 aliphatic carbocycles. The van der Waals surface area contributed by atoms with Crippen molar-refractivity contribution in [1.29, 1.82) is 0 Å². The third-order valence-corrected chi connectivity index (χ3v) is 3.35. The van der Waals surface area contributed by atoms with Crippen LogP contribution in [0.2, 0.25) is 0 Å². The van der Waals surface area contributed by atoms with Crippen molar-refractivity contribution in [3.05, 3.63) is 35.9 Å². The van der Waals surface area contributed by atoms with Crippen LogP contribution in [0.5, 0.6) is 0 Å². The van der Waals surface area contributed by atoms with Crippen molar-refractivity contribution < 1.29 is 0 Å². The fourth-order valence-electron chi connectivity index (χ4n) is 2.40. The van der Waals surface area contributed by atoms with Crippen molar-refractivity contribution in [3.63, 3.8) is 0 Å². The fraction of sp³-hybridized carbons (Fsp3) is 0.600. The molecule has 16 heavy (non-hydrogen) atoms. The van der Waals surface area contributed by atoms with Gasteiger partial charge in [0, 0.05) is 6.04 Å². The van der Waals surface area contributed by atoms with Crippen LogP contribution in [0.3, 0.4) is 0 Å². The topological polar surface area (TPSA) is 26.0 Å². The van der Waals surface area contributed by atoms with Crippen molar-refractivity contribution in [2.75, 3.05) is 0 Å². The standard InChI is InChI=1S/C15H25N/c1-4-8-12(2)11-13(3)15(16)14-9-6-5-7-10-14/h5-7,9-10,12-13,15H,4,8,11,16H2,1-3H3. The summed E-state index contributed by atoms with van der Waals surface area (Å²) < 4.78 is 0. The lowest BCUT2D eigenvalue weighted by molar-refractivity contribution is 0.348. The van der Waals surface area contributed by atoms with Gasteiger partial charge >= 0.3 is 0 Å². The molecule has 0 fully saturated rings. The predicted octanol–water partition coefficient (Wildman–Crippen LogP) is 4.15. The van der Waals surface area contributed by atoms with E-state index in [1.54, 1.807) is 0 Å². The Morgan fingerprint density at radius 2 is 1.75 bits per heavy atom. The summed E-state index contributed by atoms with van der Waals surface area (Å²) in [5, 5.41) is 0. The third-order valence-electron chi connectivity index (χ3n) is 3.35. The Morgan fingerprint density at radius 1 is 1.12 bits per heavy atom. The Balaban J connectivity index is 2.51. The third kappa shape index (κ3) is 3.97. The molecule has 1 heteroatoms. The van der Waals surface area contributed by atoms with Gasteiger partial charge in [-0.25, -0.2) is 0 Å². The van der Waals surface area contributed by atoms with Crippen LogP contribution in [0.25, 0.3) is 0 Å². The van der Waals surface area contributed by atoms with E-state index in [9.17, 15) is 0 Å². The first-order valence-electron chi connectivity index (χ1n) is 6.45. The molecule has 1 aromatic rings. The van der Waals surface area contributed by atoms with E-state index < -0.39 is 0 Å². The maximum atomic E-state index is 6.28. The predicted molar refractivity (Wildman–Crippen MR) is 71.2 cm³/mol. The highest BCUT2D eigenvalue weighted by Gasteiger charge is 2.16. The first kappa shape index (κ1) is 13.2. The van der Waals surface area contributed by atoms with Gasteiger partial charge in [0.2, 0.25) is 0 Å². The molecule has 90 valence electrons. The molecule has 2 N–H and O–H groups in total. The van der Waals surface area contributed by atoms with Gasteiger partial charge < -0.3 is 5.73 Å². The summed E-state index contributed by atoms with van der Waals surface area (Å²) in [5.41, 5.74) is 7.55. The van der Waals surface area contributed by atoms with E-state index >= 15 is 0 Å². The zero-order valence-electron chi connectivity index (χ0n) is 10.8. The van der Waals surface area contributed by atoms with Crippen molar-refractivity contribution in [2.24, 2.45) is 17.6 Å². The van der Waals surface area contributed by atoms with E-state index in [-0.39, 0.29) is 6.04 Å². The van der Waals surface area contributed by atoms with Gasteiger partial charge in [0.1, 0.15) is 0 Å². The van der Waals surface area contributed by atoms with E-state index in [1.165, 1.54) is 24.8 Å². The monoisotopic (exact) mass is 219 g/mol. The van der Waals surface area contributed by atoms with Gasteiger partial charge in [-0.1, -0.05) is 63.9 Å². The Labute approximate surface area is 100 Å². The molecule has 3 unspecified atom stereocenters. The molecule has 0 aliphatic rings. The van der Waals surface area contributed by atoms with E-state index in [0.717, 1.165) is 5.92 Å². The van der Waals surface area contributed by atoms with Crippen LogP contribution in [-0.4, -0.2) is 0 Å². The molecule has 3 atom stereocenters. The van der Waals surface area contributed by atoms with Crippen LogP contribution < -0.4 is 5.73 Å². The largest absolute Gasteiger partial charge is 0.324 e. The number of nitrogens with two attached hydrogens (primary N) is 1. The fourth-order valence-corrected chi connectivity index (χ4v) is 2.40. The molecular formula is C15H25N. The van der Waals surface area contributed by atoms with E-state index in [4.69, 9.17) is 5.73 Å². The zero-order chi connectivity index (χ0) is 12.0. The lowest BCUT2D eigenvalue weighted by atomic mass is 9.86. The molecule has 0 amide bonds. The molecule has 0 saturated carbocycles. The number of hydrogen-bond acceptors (Lipinski definition) is 1.